The van der Waals surface area contributed by atoms with Crippen molar-refractivity contribution in [3.05, 3.63) is 35.2 Å². The number of carboxylic acids is 1. The van der Waals surface area contributed by atoms with Gasteiger partial charge in [0.25, 0.3) is 0 Å². The van der Waals surface area contributed by atoms with Gasteiger partial charge in [-0.1, -0.05) is 11.6 Å². The van der Waals surface area contributed by atoms with Crippen LogP contribution in [-0.2, 0) is 4.79 Å². The fourth-order valence-electron chi connectivity index (χ4n) is 1.77. The predicted molar refractivity (Wildman–Crippen MR) is 70.1 cm³/mol. The molecule has 2 rings (SSSR count). The van der Waals surface area contributed by atoms with Gasteiger partial charge in [-0.3, -0.25) is 4.79 Å². The van der Waals surface area contributed by atoms with Crippen LogP contribution in [0, 0.1) is 5.82 Å². The molecule has 1 aromatic carbocycles. The number of hydrogen-bond acceptors (Lipinski definition) is 3. The molecule has 1 aromatic rings. The van der Waals surface area contributed by atoms with E-state index in [9.17, 15) is 9.18 Å². The first kappa shape index (κ1) is 13.4. The lowest BCUT2D eigenvalue weighted by Crippen LogP contribution is -2.28. The van der Waals surface area contributed by atoms with Crippen molar-refractivity contribution < 1.29 is 14.3 Å². The van der Waals surface area contributed by atoms with E-state index in [2.05, 4.69) is 0 Å². The SMILES string of the molecule is NC(CC(=O)O)C1=C(Cl)c2cc(F)ccc2SC1. The molecule has 0 aliphatic carbocycles. The number of benzene rings is 1. The van der Waals surface area contributed by atoms with Gasteiger partial charge < -0.3 is 10.8 Å². The minimum absolute atomic E-state index is 0.184. The number of aliphatic carboxylic acids is 1. The summed E-state index contributed by atoms with van der Waals surface area (Å²) in [6, 6.07) is 3.74. The number of carbonyl (C=O) groups is 1. The molecule has 18 heavy (non-hydrogen) atoms. The Morgan fingerprint density at radius 2 is 2.33 bits per heavy atom. The van der Waals surface area contributed by atoms with Crippen LogP contribution in [0.15, 0.2) is 28.7 Å². The van der Waals surface area contributed by atoms with Crippen LogP contribution in [0.3, 0.4) is 0 Å². The average molecular weight is 288 g/mol. The molecule has 0 spiro atoms. The monoisotopic (exact) mass is 287 g/mol. The average Bonchev–Trinajstić information content (AvgIpc) is 2.29. The number of fused-ring (bicyclic) bond motifs is 1. The maximum atomic E-state index is 13.2. The third-order valence-corrected chi connectivity index (χ3v) is 4.25. The van der Waals surface area contributed by atoms with Gasteiger partial charge in [-0.2, -0.15) is 0 Å². The highest BCUT2D eigenvalue weighted by molar-refractivity contribution is 7.99. The molecule has 1 atom stereocenters. The van der Waals surface area contributed by atoms with E-state index < -0.39 is 12.0 Å². The van der Waals surface area contributed by atoms with Crippen LogP contribution >= 0.6 is 23.4 Å². The topological polar surface area (TPSA) is 63.3 Å². The van der Waals surface area contributed by atoms with E-state index in [1.54, 1.807) is 6.07 Å². The van der Waals surface area contributed by atoms with Gasteiger partial charge in [0.2, 0.25) is 0 Å². The first-order chi connectivity index (χ1) is 8.49. The van der Waals surface area contributed by atoms with E-state index in [1.807, 2.05) is 0 Å². The van der Waals surface area contributed by atoms with E-state index in [-0.39, 0.29) is 12.2 Å². The highest BCUT2D eigenvalue weighted by atomic mass is 35.5. The van der Waals surface area contributed by atoms with Crippen LogP contribution in [0.1, 0.15) is 12.0 Å². The van der Waals surface area contributed by atoms with E-state index in [0.717, 1.165) is 4.90 Å². The molecule has 0 bridgehead atoms. The first-order valence-electron chi connectivity index (χ1n) is 5.27. The van der Waals surface area contributed by atoms with Crippen molar-refractivity contribution in [3.8, 4) is 0 Å². The molecule has 0 radical (unpaired) electrons. The maximum absolute atomic E-state index is 13.2. The summed E-state index contributed by atoms with van der Waals surface area (Å²) in [5, 5.41) is 9.10. The lowest BCUT2D eigenvalue weighted by atomic mass is 10.0. The highest BCUT2D eigenvalue weighted by Crippen LogP contribution is 2.40. The summed E-state index contributed by atoms with van der Waals surface area (Å²) in [7, 11) is 0. The van der Waals surface area contributed by atoms with E-state index >= 15 is 0 Å². The molecule has 0 fully saturated rings. The standard InChI is InChI=1S/C12H11ClFNO2S/c13-12-7-3-6(14)1-2-10(7)18-5-8(12)9(15)4-11(16)17/h1-3,9H,4-5,15H2,(H,16,17). The quantitative estimate of drug-likeness (QED) is 0.897. The Kier molecular flexibility index (Phi) is 3.94. The predicted octanol–water partition coefficient (Wildman–Crippen LogP) is 2.68. The van der Waals surface area contributed by atoms with Crippen molar-refractivity contribution in [2.75, 3.05) is 5.75 Å². The second kappa shape index (κ2) is 5.30. The Labute approximate surface area is 113 Å². The molecule has 3 nitrogen and oxygen atoms in total. The fraction of sp³-hybridized carbons (Fsp3) is 0.250. The molecule has 6 heteroatoms. The van der Waals surface area contributed by atoms with E-state index in [4.69, 9.17) is 22.4 Å². The molecule has 1 aliphatic heterocycles. The summed E-state index contributed by atoms with van der Waals surface area (Å²) < 4.78 is 13.2. The molecule has 1 aliphatic rings. The normalized spacial score (nSPS) is 16.4. The summed E-state index contributed by atoms with van der Waals surface area (Å²) in [5.41, 5.74) is 7.05. The number of nitrogens with two attached hydrogens (primary N) is 1. The Morgan fingerprint density at radius 1 is 1.61 bits per heavy atom. The summed E-state index contributed by atoms with van der Waals surface area (Å²) in [4.78, 5) is 11.5. The summed E-state index contributed by atoms with van der Waals surface area (Å²) >= 11 is 7.67. The summed E-state index contributed by atoms with van der Waals surface area (Å²) in [6.07, 6.45) is -0.184. The zero-order valence-electron chi connectivity index (χ0n) is 9.32. The molecule has 1 heterocycles. The van der Waals surface area contributed by atoms with Crippen LogP contribution in [0.2, 0.25) is 0 Å². The first-order valence-corrected chi connectivity index (χ1v) is 6.64. The number of carboxylic acid groups (broad SMARTS) is 1. The van der Waals surface area contributed by atoms with Gasteiger partial charge in [-0.05, 0) is 23.8 Å². The van der Waals surface area contributed by atoms with Crippen LogP contribution in [0.5, 0.6) is 0 Å². The Balaban J connectivity index is 2.38. The molecule has 1 unspecified atom stereocenters. The smallest absolute Gasteiger partial charge is 0.305 e. The molecule has 0 aromatic heterocycles. The number of rotatable bonds is 3. The molecule has 0 amide bonds. The van der Waals surface area contributed by atoms with Crippen LogP contribution in [0.4, 0.5) is 4.39 Å². The Hall–Kier alpha value is -1.04. The van der Waals surface area contributed by atoms with Crippen LogP contribution in [-0.4, -0.2) is 22.9 Å². The molecular formula is C12H11ClFNO2S. The minimum atomic E-state index is -0.977. The van der Waals surface area contributed by atoms with Gasteiger partial charge in [-0.15, -0.1) is 11.8 Å². The van der Waals surface area contributed by atoms with Crippen LogP contribution < -0.4 is 5.73 Å². The van der Waals surface area contributed by atoms with Gasteiger partial charge in [0, 0.05) is 22.3 Å². The number of thioether (sulfide) groups is 1. The van der Waals surface area contributed by atoms with Crippen molar-refractivity contribution in [1.29, 1.82) is 0 Å². The lowest BCUT2D eigenvalue weighted by Gasteiger charge is -2.22. The van der Waals surface area contributed by atoms with Gasteiger partial charge in [-0.25, -0.2) is 4.39 Å². The van der Waals surface area contributed by atoms with Crippen molar-refractivity contribution in [2.24, 2.45) is 5.73 Å². The van der Waals surface area contributed by atoms with Gasteiger partial charge in [0.05, 0.1) is 11.5 Å². The third-order valence-electron chi connectivity index (χ3n) is 2.69. The molecule has 96 valence electrons. The van der Waals surface area contributed by atoms with Crippen molar-refractivity contribution >= 4 is 34.4 Å². The van der Waals surface area contributed by atoms with E-state index in [1.165, 1.54) is 23.9 Å². The van der Waals surface area contributed by atoms with Crippen LogP contribution in [0.25, 0.3) is 5.03 Å². The second-order valence-corrected chi connectivity index (χ2v) is 5.37. The van der Waals surface area contributed by atoms with Crippen molar-refractivity contribution in [3.63, 3.8) is 0 Å². The zero-order valence-corrected chi connectivity index (χ0v) is 10.9. The second-order valence-electron chi connectivity index (χ2n) is 3.97. The lowest BCUT2D eigenvalue weighted by molar-refractivity contribution is -0.137. The number of halogens is 2. The summed E-state index contributed by atoms with van der Waals surface area (Å²) in [5.74, 6) is -0.818. The molecule has 0 saturated heterocycles. The van der Waals surface area contributed by atoms with Crippen molar-refractivity contribution in [1.82, 2.24) is 0 Å². The highest BCUT2D eigenvalue weighted by Gasteiger charge is 2.24. The Morgan fingerprint density at radius 3 is 3.00 bits per heavy atom. The fourth-order valence-corrected chi connectivity index (χ4v) is 3.42. The third kappa shape index (κ3) is 2.68. The minimum Gasteiger partial charge on any atom is -0.481 e. The maximum Gasteiger partial charge on any atom is 0.305 e. The van der Waals surface area contributed by atoms with E-state index in [0.29, 0.717) is 21.9 Å². The number of hydrogen-bond donors (Lipinski definition) is 2. The molecular weight excluding hydrogens is 277 g/mol. The largest absolute Gasteiger partial charge is 0.481 e. The zero-order chi connectivity index (χ0) is 13.3. The summed E-state index contributed by atoms with van der Waals surface area (Å²) in [6.45, 7) is 0. The van der Waals surface area contributed by atoms with Gasteiger partial charge in [0.1, 0.15) is 5.82 Å². The van der Waals surface area contributed by atoms with Gasteiger partial charge >= 0.3 is 5.97 Å². The molecule has 0 saturated carbocycles. The van der Waals surface area contributed by atoms with Gasteiger partial charge in [0.15, 0.2) is 0 Å². The Bertz CT molecular complexity index is 533. The van der Waals surface area contributed by atoms with Crippen molar-refractivity contribution in [2.45, 2.75) is 17.4 Å². The molecule has 3 N–H and O–H groups in total.